The maximum atomic E-state index is 12.7. The van der Waals surface area contributed by atoms with E-state index in [9.17, 15) is 8.42 Å². The fourth-order valence-electron chi connectivity index (χ4n) is 2.67. The van der Waals surface area contributed by atoms with E-state index in [2.05, 4.69) is 19.2 Å². The summed E-state index contributed by atoms with van der Waals surface area (Å²) in [4.78, 5) is 0.399. The molecule has 0 bridgehead atoms. The molecule has 5 heteroatoms. The fraction of sp³-hybridized carbons (Fsp3) is 0.600. The van der Waals surface area contributed by atoms with Crippen LogP contribution in [-0.4, -0.2) is 38.4 Å². The van der Waals surface area contributed by atoms with Gasteiger partial charge in [0, 0.05) is 19.1 Å². The highest BCUT2D eigenvalue weighted by molar-refractivity contribution is 7.89. The Kier molecular flexibility index (Phi) is 4.83. The van der Waals surface area contributed by atoms with Crippen molar-refractivity contribution in [3.05, 3.63) is 29.8 Å². The number of benzene rings is 1. The minimum Gasteiger partial charge on any atom is -0.315 e. The first kappa shape index (κ1) is 15.5. The number of nitrogens with zero attached hydrogens (tertiary/aromatic N) is 1. The SMILES string of the molecule is CCN(C1CCNC1)S(=O)(=O)c1ccc(C(C)C)cc1. The molecule has 2 rings (SSSR count). The van der Waals surface area contributed by atoms with Crippen LogP contribution in [0.15, 0.2) is 29.2 Å². The number of likely N-dealkylation sites (N-methyl/N-ethyl adjacent to an activating group) is 1. The zero-order valence-corrected chi connectivity index (χ0v) is 13.3. The Morgan fingerprint density at radius 1 is 1.30 bits per heavy atom. The van der Waals surface area contributed by atoms with Crippen LogP contribution in [0.3, 0.4) is 0 Å². The lowest BCUT2D eigenvalue weighted by Crippen LogP contribution is -2.41. The number of sulfonamides is 1. The first-order valence-corrected chi connectivity index (χ1v) is 8.73. The van der Waals surface area contributed by atoms with Crippen molar-refractivity contribution >= 4 is 10.0 Å². The van der Waals surface area contributed by atoms with E-state index in [1.165, 1.54) is 0 Å². The summed E-state index contributed by atoms with van der Waals surface area (Å²) in [5.74, 6) is 0.410. The molecule has 1 aromatic carbocycles. The Morgan fingerprint density at radius 2 is 1.95 bits per heavy atom. The van der Waals surface area contributed by atoms with E-state index in [4.69, 9.17) is 0 Å². The summed E-state index contributed by atoms with van der Waals surface area (Å²) in [6.07, 6.45) is 0.886. The molecule has 1 N–H and O–H groups in total. The van der Waals surface area contributed by atoms with Gasteiger partial charge >= 0.3 is 0 Å². The standard InChI is InChI=1S/C15H24N2O2S/c1-4-17(14-9-10-16-11-14)20(18,19)15-7-5-13(6-8-15)12(2)3/h5-8,12,14,16H,4,9-11H2,1-3H3. The molecule has 0 aliphatic carbocycles. The minimum atomic E-state index is -3.38. The molecule has 1 aliphatic heterocycles. The quantitative estimate of drug-likeness (QED) is 0.906. The maximum absolute atomic E-state index is 12.7. The number of nitrogens with one attached hydrogen (secondary N) is 1. The highest BCUT2D eigenvalue weighted by Crippen LogP contribution is 2.23. The Hall–Kier alpha value is -0.910. The molecule has 1 heterocycles. The Balaban J connectivity index is 2.27. The fourth-order valence-corrected chi connectivity index (χ4v) is 4.33. The van der Waals surface area contributed by atoms with E-state index < -0.39 is 10.0 Å². The van der Waals surface area contributed by atoms with Gasteiger partial charge in [-0.25, -0.2) is 8.42 Å². The van der Waals surface area contributed by atoms with Crippen LogP contribution >= 0.6 is 0 Å². The third-order valence-corrected chi connectivity index (χ3v) is 5.95. The van der Waals surface area contributed by atoms with Crippen molar-refractivity contribution in [2.75, 3.05) is 19.6 Å². The first-order chi connectivity index (χ1) is 9.46. The van der Waals surface area contributed by atoms with Gasteiger partial charge in [0.2, 0.25) is 10.0 Å². The van der Waals surface area contributed by atoms with Crippen molar-refractivity contribution in [2.45, 2.75) is 44.0 Å². The molecule has 112 valence electrons. The molecule has 1 aliphatic rings. The molecule has 1 saturated heterocycles. The van der Waals surface area contributed by atoms with Gasteiger partial charge in [-0.2, -0.15) is 4.31 Å². The molecule has 1 aromatic rings. The number of rotatable bonds is 5. The summed E-state index contributed by atoms with van der Waals surface area (Å²) in [5.41, 5.74) is 1.16. The maximum Gasteiger partial charge on any atom is 0.243 e. The average Bonchev–Trinajstić information content (AvgIpc) is 2.93. The molecule has 0 spiro atoms. The molecular formula is C15H24N2O2S. The zero-order valence-electron chi connectivity index (χ0n) is 12.5. The van der Waals surface area contributed by atoms with Gasteiger partial charge in [-0.15, -0.1) is 0 Å². The van der Waals surface area contributed by atoms with E-state index in [1.807, 2.05) is 19.1 Å². The predicted octanol–water partition coefficient (Wildman–Crippen LogP) is 2.18. The summed E-state index contributed by atoms with van der Waals surface area (Å²) in [6, 6.07) is 7.37. The molecule has 1 unspecified atom stereocenters. The molecule has 1 atom stereocenters. The van der Waals surface area contributed by atoms with Crippen molar-refractivity contribution in [1.82, 2.24) is 9.62 Å². The second kappa shape index (κ2) is 6.24. The third kappa shape index (κ3) is 3.05. The van der Waals surface area contributed by atoms with Crippen LogP contribution in [0.2, 0.25) is 0 Å². The van der Waals surface area contributed by atoms with Gasteiger partial charge in [0.05, 0.1) is 4.90 Å². The van der Waals surface area contributed by atoms with Gasteiger partial charge in [0.15, 0.2) is 0 Å². The summed E-state index contributed by atoms with van der Waals surface area (Å²) in [5, 5.41) is 3.23. The summed E-state index contributed by atoms with van der Waals surface area (Å²) >= 11 is 0. The molecule has 20 heavy (non-hydrogen) atoms. The second-order valence-corrected chi connectivity index (χ2v) is 7.47. The Bertz CT molecular complexity index is 531. The van der Waals surface area contributed by atoms with E-state index >= 15 is 0 Å². The smallest absolute Gasteiger partial charge is 0.243 e. The lowest BCUT2D eigenvalue weighted by atomic mass is 10.0. The van der Waals surface area contributed by atoms with Gasteiger partial charge in [-0.05, 0) is 36.6 Å². The molecule has 0 saturated carbocycles. The van der Waals surface area contributed by atoms with Crippen LogP contribution in [0.4, 0.5) is 0 Å². The monoisotopic (exact) mass is 296 g/mol. The van der Waals surface area contributed by atoms with Gasteiger partial charge in [-0.3, -0.25) is 0 Å². The molecule has 1 fully saturated rings. The molecule has 0 radical (unpaired) electrons. The molecule has 4 nitrogen and oxygen atoms in total. The van der Waals surface area contributed by atoms with Crippen LogP contribution in [0, 0.1) is 0 Å². The van der Waals surface area contributed by atoms with Crippen LogP contribution in [0.25, 0.3) is 0 Å². The normalized spacial score (nSPS) is 19.9. The van der Waals surface area contributed by atoms with Crippen molar-refractivity contribution < 1.29 is 8.42 Å². The van der Waals surface area contributed by atoms with Crippen molar-refractivity contribution in [1.29, 1.82) is 0 Å². The van der Waals surface area contributed by atoms with Crippen molar-refractivity contribution in [2.24, 2.45) is 0 Å². The Labute approximate surface area is 122 Å². The van der Waals surface area contributed by atoms with Crippen LogP contribution in [0.5, 0.6) is 0 Å². The van der Waals surface area contributed by atoms with Crippen molar-refractivity contribution in [3.63, 3.8) is 0 Å². The van der Waals surface area contributed by atoms with Gasteiger partial charge < -0.3 is 5.32 Å². The van der Waals surface area contributed by atoms with E-state index in [1.54, 1.807) is 16.4 Å². The minimum absolute atomic E-state index is 0.0785. The van der Waals surface area contributed by atoms with Crippen LogP contribution in [-0.2, 0) is 10.0 Å². The van der Waals surface area contributed by atoms with E-state index in [0.29, 0.717) is 17.4 Å². The number of hydrogen-bond donors (Lipinski definition) is 1. The number of hydrogen-bond acceptors (Lipinski definition) is 3. The summed E-state index contributed by atoms with van der Waals surface area (Å²) in [6.45, 7) is 8.26. The lowest BCUT2D eigenvalue weighted by Gasteiger charge is -2.26. The Morgan fingerprint density at radius 3 is 2.40 bits per heavy atom. The molecule has 0 amide bonds. The summed E-state index contributed by atoms with van der Waals surface area (Å²) in [7, 11) is -3.38. The van der Waals surface area contributed by atoms with Crippen LogP contribution < -0.4 is 5.32 Å². The average molecular weight is 296 g/mol. The second-order valence-electron chi connectivity index (χ2n) is 5.58. The molecular weight excluding hydrogens is 272 g/mol. The van der Waals surface area contributed by atoms with E-state index in [-0.39, 0.29) is 6.04 Å². The highest BCUT2D eigenvalue weighted by atomic mass is 32.2. The largest absolute Gasteiger partial charge is 0.315 e. The molecule has 0 aromatic heterocycles. The van der Waals surface area contributed by atoms with Crippen molar-refractivity contribution in [3.8, 4) is 0 Å². The van der Waals surface area contributed by atoms with E-state index in [0.717, 1.165) is 25.1 Å². The third-order valence-electron chi connectivity index (χ3n) is 3.91. The topological polar surface area (TPSA) is 49.4 Å². The lowest BCUT2D eigenvalue weighted by molar-refractivity contribution is 0.349. The highest BCUT2D eigenvalue weighted by Gasteiger charge is 2.31. The van der Waals surface area contributed by atoms with Crippen LogP contribution in [0.1, 0.15) is 38.7 Å². The summed E-state index contributed by atoms with van der Waals surface area (Å²) < 4.78 is 27.1. The zero-order chi connectivity index (χ0) is 14.8. The van der Waals surface area contributed by atoms with Gasteiger partial charge in [-0.1, -0.05) is 32.9 Å². The predicted molar refractivity (Wildman–Crippen MR) is 81.4 cm³/mol. The first-order valence-electron chi connectivity index (χ1n) is 7.29. The van der Waals surface area contributed by atoms with Gasteiger partial charge in [0.1, 0.15) is 0 Å². The van der Waals surface area contributed by atoms with Gasteiger partial charge in [0.25, 0.3) is 0 Å².